The first-order chi connectivity index (χ1) is 18.9. The number of methoxy groups -OCH3 is 4. The molecular weight excluding hydrogens is 500 g/mol. The zero-order valence-electron chi connectivity index (χ0n) is 22.9. The third-order valence-corrected chi connectivity index (χ3v) is 6.72. The van der Waals surface area contributed by atoms with E-state index in [2.05, 4.69) is 0 Å². The molecule has 0 saturated heterocycles. The van der Waals surface area contributed by atoms with Gasteiger partial charge in [-0.25, -0.2) is 5.01 Å². The van der Waals surface area contributed by atoms with Crippen LogP contribution in [0.15, 0.2) is 65.9 Å². The van der Waals surface area contributed by atoms with Crippen LogP contribution in [0.1, 0.15) is 34.1 Å². The molecule has 2 heterocycles. The van der Waals surface area contributed by atoms with Crippen LogP contribution in [0.25, 0.3) is 0 Å². The highest BCUT2D eigenvalue weighted by molar-refractivity contribution is 6.03. The molecule has 2 aromatic carbocycles. The van der Waals surface area contributed by atoms with Gasteiger partial charge in [-0.2, -0.15) is 5.10 Å². The van der Waals surface area contributed by atoms with E-state index < -0.39 is 6.04 Å². The Morgan fingerprint density at radius 1 is 0.974 bits per heavy atom. The number of benzene rings is 2. The molecule has 2 amide bonds. The van der Waals surface area contributed by atoms with E-state index in [-0.39, 0.29) is 31.5 Å². The predicted molar refractivity (Wildman–Crippen MR) is 146 cm³/mol. The molecule has 0 aliphatic carbocycles. The number of rotatable bonds is 11. The maximum Gasteiger partial charge on any atom is 0.262 e. The molecule has 10 heteroatoms. The van der Waals surface area contributed by atoms with Crippen molar-refractivity contribution in [3.8, 4) is 17.2 Å². The Kier molecular flexibility index (Phi) is 8.88. The van der Waals surface area contributed by atoms with Gasteiger partial charge in [-0.1, -0.05) is 0 Å². The van der Waals surface area contributed by atoms with Gasteiger partial charge in [0.1, 0.15) is 23.8 Å². The van der Waals surface area contributed by atoms with Gasteiger partial charge >= 0.3 is 0 Å². The van der Waals surface area contributed by atoms with E-state index >= 15 is 0 Å². The highest BCUT2D eigenvalue weighted by atomic mass is 16.5. The van der Waals surface area contributed by atoms with Crippen molar-refractivity contribution in [3.63, 3.8) is 0 Å². The van der Waals surface area contributed by atoms with E-state index in [1.807, 2.05) is 48.1 Å². The minimum atomic E-state index is -0.451. The lowest BCUT2D eigenvalue weighted by molar-refractivity contribution is -0.133. The molecule has 0 spiro atoms. The van der Waals surface area contributed by atoms with Crippen molar-refractivity contribution in [2.75, 3.05) is 48.1 Å². The van der Waals surface area contributed by atoms with Crippen LogP contribution in [0.2, 0.25) is 0 Å². The average Bonchev–Trinajstić information content (AvgIpc) is 3.60. The summed E-state index contributed by atoms with van der Waals surface area (Å²) in [6.07, 6.45) is 2.40. The lowest BCUT2D eigenvalue weighted by atomic mass is 9.99. The molecular formula is C29H34N4O6. The summed E-state index contributed by atoms with van der Waals surface area (Å²) in [4.78, 5) is 28.8. The lowest BCUT2D eigenvalue weighted by Crippen LogP contribution is -2.42. The van der Waals surface area contributed by atoms with Crippen LogP contribution in [0, 0.1) is 0 Å². The van der Waals surface area contributed by atoms with Gasteiger partial charge in [0.05, 0.1) is 45.4 Å². The molecule has 1 atom stereocenters. The van der Waals surface area contributed by atoms with E-state index in [4.69, 9.17) is 24.0 Å². The van der Waals surface area contributed by atoms with Gasteiger partial charge in [0.2, 0.25) is 0 Å². The first-order valence-corrected chi connectivity index (χ1v) is 12.6. The monoisotopic (exact) mass is 534 g/mol. The Labute approximate surface area is 228 Å². The third-order valence-electron chi connectivity index (χ3n) is 6.72. The zero-order valence-corrected chi connectivity index (χ0v) is 22.9. The van der Waals surface area contributed by atoms with Crippen molar-refractivity contribution in [2.24, 2.45) is 12.1 Å². The largest absolute Gasteiger partial charge is 0.497 e. The number of hydrogen-bond donors (Lipinski definition) is 0. The van der Waals surface area contributed by atoms with E-state index in [0.717, 1.165) is 17.0 Å². The van der Waals surface area contributed by atoms with Crippen molar-refractivity contribution >= 4 is 17.5 Å². The summed E-state index contributed by atoms with van der Waals surface area (Å²) in [6.45, 7) is 0.337. The fourth-order valence-electron chi connectivity index (χ4n) is 4.60. The second kappa shape index (κ2) is 12.5. The van der Waals surface area contributed by atoms with Crippen LogP contribution in [-0.2, 0) is 16.6 Å². The highest BCUT2D eigenvalue weighted by Gasteiger charge is 2.37. The molecule has 1 aliphatic heterocycles. The maximum absolute atomic E-state index is 13.9. The van der Waals surface area contributed by atoms with Crippen molar-refractivity contribution in [3.05, 3.63) is 77.6 Å². The number of hydrazone groups is 1. The quantitative estimate of drug-likeness (QED) is 0.374. The molecule has 1 aromatic heterocycles. The van der Waals surface area contributed by atoms with Crippen molar-refractivity contribution in [1.82, 2.24) is 14.5 Å². The summed E-state index contributed by atoms with van der Waals surface area (Å²) in [5.74, 6) is 1.28. The topological polar surface area (TPSA) is 94.8 Å². The van der Waals surface area contributed by atoms with Gasteiger partial charge < -0.3 is 28.4 Å². The molecule has 1 aliphatic rings. The molecule has 1 unspecified atom stereocenters. The summed E-state index contributed by atoms with van der Waals surface area (Å²) in [7, 11) is 8.23. The lowest BCUT2D eigenvalue weighted by Gasteiger charge is -2.28. The van der Waals surface area contributed by atoms with E-state index in [9.17, 15) is 9.59 Å². The molecule has 39 heavy (non-hydrogen) atoms. The fraction of sp³-hybridized carbons (Fsp3) is 0.345. The molecule has 4 rings (SSSR count). The summed E-state index contributed by atoms with van der Waals surface area (Å²) < 4.78 is 23.5. The molecule has 0 radical (unpaired) electrons. The van der Waals surface area contributed by atoms with Crippen molar-refractivity contribution in [1.29, 1.82) is 0 Å². The second-order valence-corrected chi connectivity index (χ2v) is 9.07. The summed E-state index contributed by atoms with van der Waals surface area (Å²) in [5, 5.41) is 6.22. The molecule has 206 valence electrons. The second-order valence-electron chi connectivity index (χ2n) is 9.07. The standard InChI is InChI=1S/C29H34N4O6/c1-31-14-6-7-25(31)24-18-26(23-17-22(38-4)12-13-27(23)39-5)33(30-24)28(34)19-32(15-16-36-2)29(35)20-8-10-21(37-3)11-9-20/h6-14,17,26H,15-16,18-19H2,1-5H3. The third kappa shape index (κ3) is 6.06. The van der Waals surface area contributed by atoms with Gasteiger partial charge in [0.25, 0.3) is 11.8 Å². The van der Waals surface area contributed by atoms with E-state index in [0.29, 0.717) is 29.2 Å². The van der Waals surface area contributed by atoms with Crippen molar-refractivity contribution < 1.29 is 28.5 Å². The number of aromatic nitrogens is 1. The molecule has 0 bridgehead atoms. The number of amides is 2. The summed E-state index contributed by atoms with van der Waals surface area (Å²) >= 11 is 0. The molecule has 0 saturated carbocycles. The first-order valence-electron chi connectivity index (χ1n) is 12.6. The highest BCUT2D eigenvalue weighted by Crippen LogP contribution is 2.39. The van der Waals surface area contributed by atoms with E-state index in [1.165, 1.54) is 9.91 Å². The number of carbonyl (C=O) groups is 2. The first kappa shape index (κ1) is 27.7. The number of nitrogens with zero attached hydrogens (tertiary/aromatic N) is 4. The SMILES string of the molecule is COCCN(CC(=O)N1N=C(c2cccn2C)CC1c1cc(OC)ccc1OC)C(=O)c1ccc(OC)cc1. The zero-order chi connectivity index (χ0) is 27.9. The minimum Gasteiger partial charge on any atom is -0.497 e. The van der Waals surface area contributed by atoms with Crippen LogP contribution < -0.4 is 14.2 Å². The van der Waals surface area contributed by atoms with Crippen molar-refractivity contribution in [2.45, 2.75) is 12.5 Å². The Balaban J connectivity index is 1.67. The normalized spacial score (nSPS) is 14.6. The van der Waals surface area contributed by atoms with Gasteiger partial charge in [-0.05, 0) is 54.6 Å². The predicted octanol–water partition coefficient (Wildman–Crippen LogP) is 3.52. The van der Waals surface area contributed by atoms with Crippen LogP contribution in [0.5, 0.6) is 17.2 Å². The molecule has 0 fully saturated rings. The minimum absolute atomic E-state index is 0.180. The average molecular weight is 535 g/mol. The Bertz CT molecular complexity index is 1330. The Hall–Kier alpha value is -4.31. The Morgan fingerprint density at radius 3 is 2.31 bits per heavy atom. The van der Waals surface area contributed by atoms with Crippen LogP contribution in [0.4, 0.5) is 0 Å². The van der Waals surface area contributed by atoms with Crippen LogP contribution in [0.3, 0.4) is 0 Å². The van der Waals surface area contributed by atoms with Crippen LogP contribution >= 0.6 is 0 Å². The Morgan fingerprint density at radius 2 is 1.69 bits per heavy atom. The summed E-state index contributed by atoms with van der Waals surface area (Å²) in [6, 6.07) is 15.7. The number of hydrogen-bond acceptors (Lipinski definition) is 7. The van der Waals surface area contributed by atoms with Gasteiger partial charge in [-0.15, -0.1) is 0 Å². The number of aryl methyl sites for hydroxylation is 1. The van der Waals surface area contributed by atoms with Gasteiger partial charge in [0.15, 0.2) is 0 Å². The van der Waals surface area contributed by atoms with Gasteiger partial charge in [-0.3, -0.25) is 9.59 Å². The number of carbonyl (C=O) groups excluding carboxylic acids is 2. The molecule has 0 N–H and O–H groups in total. The molecule has 10 nitrogen and oxygen atoms in total. The molecule has 3 aromatic rings. The van der Waals surface area contributed by atoms with Gasteiger partial charge in [0, 0.05) is 44.4 Å². The maximum atomic E-state index is 13.9. The smallest absolute Gasteiger partial charge is 0.262 e. The van der Waals surface area contributed by atoms with Crippen LogP contribution in [-0.4, -0.2) is 80.1 Å². The fourth-order valence-corrected chi connectivity index (χ4v) is 4.60. The van der Waals surface area contributed by atoms with E-state index in [1.54, 1.807) is 52.7 Å². The summed E-state index contributed by atoms with van der Waals surface area (Å²) in [5.41, 5.74) is 2.88. The number of ether oxygens (including phenoxy) is 4.